The van der Waals surface area contributed by atoms with Crippen LogP contribution in [0.25, 0.3) is 0 Å². The second-order valence-corrected chi connectivity index (χ2v) is 6.96. The number of aryl methyl sites for hydroxylation is 1. The molecule has 0 aliphatic carbocycles. The van der Waals surface area contributed by atoms with Crippen molar-refractivity contribution in [3.8, 4) is 0 Å². The first kappa shape index (κ1) is 15.6. The van der Waals surface area contributed by atoms with Gasteiger partial charge in [-0.05, 0) is 43.5 Å². The highest BCUT2D eigenvalue weighted by molar-refractivity contribution is 7.20. The van der Waals surface area contributed by atoms with Crippen LogP contribution in [-0.2, 0) is 6.42 Å². The van der Waals surface area contributed by atoms with Gasteiger partial charge in [-0.3, -0.25) is 0 Å². The van der Waals surface area contributed by atoms with E-state index < -0.39 is 0 Å². The summed E-state index contributed by atoms with van der Waals surface area (Å²) < 4.78 is 1.43. The maximum Gasteiger partial charge on any atom is 0.0996 e. The molecule has 2 aromatic rings. The Morgan fingerprint density at radius 2 is 2.10 bits per heavy atom. The third-order valence-corrected chi connectivity index (χ3v) is 4.60. The summed E-state index contributed by atoms with van der Waals surface area (Å²) in [6.45, 7) is 2.28. The van der Waals surface area contributed by atoms with Crippen LogP contribution >= 0.6 is 34.5 Å². The van der Waals surface area contributed by atoms with Crippen molar-refractivity contribution in [3.05, 3.63) is 50.1 Å². The van der Waals surface area contributed by atoms with Crippen molar-refractivity contribution < 1.29 is 5.11 Å². The molecule has 0 saturated heterocycles. The van der Waals surface area contributed by atoms with Gasteiger partial charge in [0, 0.05) is 17.9 Å². The van der Waals surface area contributed by atoms with Crippen molar-refractivity contribution in [2.75, 3.05) is 11.9 Å². The minimum Gasteiger partial charge on any atom is -0.396 e. The minimum absolute atomic E-state index is 0.0966. The molecule has 2 nitrogen and oxygen atoms in total. The standard InChI is InChI=1S/C15H17Cl2NOS/c1-10(13-9-14(16)20-15(13)17)18-12-6-2-4-11(8-12)5-3-7-19/h2,4,6,8-10,18-19H,3,5,7H2,1H3. The Hall–Kier alpha value is -0.740. The normalized spacial score (nSPS) is 12.4. The average molecular weight is 330 g/mol. The zero-order valence-corrected chi connectivity index (χ0v) is 13.5. The first-order valence-corrected chi connectivity index (χ1v) is 8.08. The van der Waals surface area contributed by atoms with Gasteiger partial charge in [-0.2, -0.15) is 0 Å². The van der Waals surface area contributed by atoms with E-state index >= 15 is 0 Å². The molecule has 20 heavy (non-hydrogen) atoms. The van der Waals surface area contributed by atoms with Crippen LogP contribution in [0.2, 0.25) is 8.67 Å². The largest absolute Gasteiger partial charge is 0.396 e. The molecular formula is C15H17Cl2NOS. The fourth-order valence-electron chi connectivity index (χ4n) is 2.08. The topological polar surface area (TPSA) is 32.3 Å². The van der Waals surface area contributed by atoms with Gasteiger partial charge in [0.25, 0.3) is 0 Å². The quantitative estimate of drug-likeness (QED) is 0.767. The van der Waals surface area contributed by atoms with E-state index in [1.54, 1.807) is 0 Å². The van der Waals surface area contributed by atoms with Crippen LogP contribution in [0, 0.1) is 0 Å². The average Bonchev–Trinajstić information content (AvgIpc) is 2.76. The molecule has 1 unspecified atom stereocenters. The van der Waals surface area contributed by atoms with E-state index in [1.807, 2.05) is 18.2 Å². The number of thiophene rings is 1. The minimum atomic E-state index is 0.0966. The van der Waals surface area contributed by atoms with E-state index in [2.05, 4.69) is 24.4 Å². The monoisotopic (exact) mass is 329 g/mol. The maximum absolute atomic E-state index is 8.88. The number of benzene rings is 1. The molecule has 0 amide bonds. The number of hydrogen-bond acceptors (Lipinski definition) is 3. The molecule has 0 aliphatic heterocycles. The zero-order valence-electron chi connectivity index (χ0n) is 11.2. The number of hydrogen-bond donors (Lipinski definition) is 2. The lowest BCUT2D eigenvalue weighted by molar-refractivity contribution is 0.288. The first-order chi connectivity index (χ1) is 9.60. The lowest BCUT2D eigenvalue weighted by atomic mass is 10.1. The van der Waals surface area contributed by atoms with Gasteiger partial charge in [0.15, 0.2) is 0 Å². The summed E-state index contributed by atoms with van der Waals surface area (Å²) in [5.41, 5.74) is 3.28. The van der Waals surface area contributed by atoms with Crippen molar-refractivity contribution >= 4 is 40.2 Å². The number of nitrogens with one attached hydrogen (secondary N) is 1. The molecular weight excluding hydrogens is 313 g/mol. The summed E-state index contributed by atoms with van der Waals surface area (Å²) in [5.74, 6) is 0. The fraction of sp³-hybridized carbons (Fsp3) is 0.333. The summed E-state index contributed by atoms with van der Waals surface area (Å²) in [4.78, 5) is 0. The van der Waals surface area contributed by atoms with Gasteiger partial charge in [-0.1, -0.05) is 35.3 Å². The van der Waals surface area contributed by atoms with Crippen LogP contribution in [0.4, 0.5) is 5.69 Å². The number of anilines is 1. The Labute approximate surface area is 133 Å². The smallest absolute Gasteiger partial charge is 0.0996 e. The van der Waals surface area contributed by atoms with E-state index in [0.717, 1.165) is 28.4 Å². The molecule has 1 heterocycles. The molecule has 0 aliphatic rings. The Balaban J connectivity index is 2.07. The second-order valence-electron chi connectivity index (χ2n) is 4.67. The highest BCUT2D eigenvalue weighted by atomic mass is 35.5. The van der Waals surface area contributed by atoms with E-state index in [1.165, 1.54) is 16.9 Å². The molecule has 5 heteroatoms. The van der Waals surface area contributed by atoms with Crippen molar-refractivity contribution in [1.29, 1.82) is 0 Å². The number of aliphatic hydroxyl groups excluding tert-OH is 1. The first-order valence-electron chi connectivity index (χ1n) is 6.51. The summed E-state index contributed by atoms with van der Waals surface area (Å²) >= 11 is 13.5. The molecule has 2 rings (SSSR count). The van der Waals surface area contributed by atoms with Gasteiger partial charge in [-0.25, -0.2) is 0 Å². The highest BCUT2D eigenvalue weighted by Gasteiger charge is 2.13. The van der Waals surface area contributed by atoms with Crippen molar-refractivity contribution in [2.45, 2.75) is 25.8 Å². The Morgan fingerprint density at radius 3 is 2.75 bits per heavy atom. The molecule has 0 bridgehead atoms. The van der Waals surface area contributed by atoms with Crippen LogP contribution in [0.3, 0.4) is 0 Å². The van der Waals surface area contributed by atoms with Crippen LogP contribution in [-0.4, -0.2) is 11.7 Å². The molecule has 0 saturated carbocycles. The van der Waals surface area contributed by atoms with Gasteiger partial charge < -0.3 is 10.4 Å². The number of aliphatic hydroxyl groups is 1. The van der Waals surface area contributed by atoms with Gasteiger partial charge in [0.2, 0.25) is 0 Å². The van der Waals surface area contributed by atoms with E-state index in [4.69, 9.17) is 28.3 Å². The molecule has 2 N–H and O–H groups in total. The van der Waals surface area contributed by atoms with Gasteiger partial charge >= 0.3 is 0 Å². The molecule has 1 aromatic carbocycles. The highest BCUT2D eigenvalue weighted by Crippen LogP contribution is 2.36. The SMILES string of the molecule is CC(Nc1cccc(CCCO)c1)c1cc(Cl)sc1Cl. The molecule has 1 aromatic heterocycles. The Bertz CT molecular complexity index is 571. The van der Waals surface area contributed by atoms with Gasteiger partial charge in [0.1, 0.15) is 0 Å². The predicted octanol–water partition coefficient (Wildman–Crippen LogP) is 5.15. The van der Waals surface area contributed by atoms with Crippen molar-refractivity contribution in [1.82, 2.24) is 0 Å². The molecule has 1 atom stereocenters. The van der Waals surface area contributed by atoms with Gasteiger partial charge in [0.05, 0.1) is 14.7 Å². The molecule has 0 spiro atoms. The molecule has 0 fully saturated rings. The van der Waals surface area contributed by atoms with Crippen LogP contribution in [0.1, 0.15) is 30.5 Å². The zero-order chi connectivity index (χ0) is 14.5. The fourth-order valence-corrected chi connectivity index (χ4v) is 3.72. The Kier molecular flexibility index (Phi) is 5.73. The third-order valence-electron chi connectivity index (χ3n) is 3.08. The van der Waals surface area contributed by atoms with Gasteiger partial charge in [-0.15, -0.1) is 11.3 Å². The molecule has 0 radical (unpaired) electrons. The van der Waals surface area contributed by atoms with Crippen LogP contribution < -0.4 is 5.32 Å². The summed E-state index contributed by atoms with van der Waals surface area (Å²) in [5, 5.41) is 12.3. The van der Waals surface area contributed by atoms with Crippen LogP contribution in [0.15, 0.2) is 30.3 Å². The number of rotatable bonds is 6. The molecule has 108 valence electrons. The summed E-state index contributed by atoms with van der Waals surface area (Å²) in [6, 6.07) is 10.2. The maximum atomic E-state index is 8.88. The third kappa shape index (κ3) is 4.13. The second kappa shape index (κ2) is 7.32. The van der Waals surface area contributed by atoms with E-state index in [-0.39, 0.29) is 12.6 Å². The lowest BCUT2D eigenvalue weighted by Crippen LogP contribution is -2.06. The lowest BCUT2D eigenvalue weighted by Gasteiger charge is -2.15. The van der Waals surface area contributed by atoms with E-state index in [9.17, 15) is 0 Å². The van der Waals surface area contributed by atoms with E-state index in [0.29, 0.717) is 4.34 Å². The predicted molar refractivity (Wildman–Crippen MR) is 88.2 cm³/mol. The van der Waals surface area contributed by atoms with Crippen molar-refractivity contribution in [3.63, 3.8) is 0 Å². The summed E-state index contributed by atoms with van der Waals surface area (Å²) in [7, 11) is 0. The van der Waals surface area contributed by atoms with Crippen LogP contribution in [0.5, 0.6) is 0 Å². The number of halogens is 2. The van der Waals surface area contributed by atoms with Crippen molar-refractivity contribution in [2.24, 2.45) is 0 Å². The Morgan fingerprint density at radius 1 is 1.30 bits per heavy atom. The summed E-state index contributed by atoms with van der Waals surface area (Å²) in [6.07, 6.45) is 1.66.